The Kier molecular flexibility index (Phi) is 3.46. The van der Waals surface area contributed by atoms with E-state index in [-0.39, 0.29) is 0 Å². The number of halogens is 4. The average molecular weight is 347 g/mol. The van der Waals surface area contributed by atoms with Crippen LogP contribution in [0.5, 0.6) is 0 Å². The van der Waals surface area contributed by atoms with Gasteiger partial charge < -0.3 is 10.7 Å². The third kappa shape index (κ3) is 2.21. The fraction of sp³-hybridized carbons (Fsp3) is 0. The number of nitrogen functional groups attached to an aromatic ring is 1. The summed E-state index contributed by atoms with van der Waals surface area (Å²) in [4.78, 5) is 7.54. The number of nitrogens with zero attached hydrogens (tertiary/aromatic N) is 1. The van der Waals surface area contributed by atoms with Crippen LogP contribution in [0, 0.1) is 0 Å². The van der Waals surface area contributed by atoms with Gasteiger partial charge in [-0.2, -0.15) is 0 Å². The second-order valence-corrected chi connectivity index (χ2v) is 5.80. The van der Waals surface area contributed by atoms with E-state index >= 15 is 0 Å². The van der Waals surface area contributed by atoms with Crippen LogP contribution in [0.2, 0.25) is 20.1 Å². The van der Waals surface area contributed by atoms with Gasteiger partial charge in [0.05, 0.1) is 31.3 Å². The van der Waals surface area contributed by atoms with Gasteiger partial charge in [0, 0.05) is 5.56 Å². The van der Waals surface area contributed by atoms with Gasteiger partial charge >= 0.3 is 0 Å². The molecule has 0 aliphatic carbocycles. The third-order valence-corrected chi connectivity index (χ3v) is 4.31. The number of benzene rings is 2. The monoisotopic (exact) mass is 345 g/mol. The molecule has 102 valence electrons. The van der Waals surface area contributed by atoms with Crippen molar-refractivity contribution in [2.45, 2.75) is 0 Å². The Balaban J connectivity index is 2.25. The van der Waals surface area contributed by atoms with Crippen molar-refractivity contribution in [1.29, 1.82) is 0 Å². The van der Waals surface area contributed by atoms with Crippen molar-refractivity contribution in [2.24, 2.45) is 0 Å². The van der Waals surface area contributed by atoms with Crippen LogP contribution < -0.4 is 5.73 Å². The second kappa shape index (κ2) is 5.01. The van der Waals surface area contributed by atoms with Crippen molar-refractivity contribution >= 4 is 63.1 Å². The summed E-state index contributed by atoms with van der Waals surface area (Å²) in [5, 5.41) is 1.73. The smallest absolute Gasteiger partial charge is 0.138 e. The number of hydrogen-bond donors (Lipinski definition) is 2. The lowest BCUT2D eigenvalue weighted by Gasteiger charge is -2.03. The first-order valence-corrected chi connectivity index (χ1v) is 7.07. The van der Waals surface area contributed by atoms with Gasteiger partial charge in [-0.25, -0.2) is 4.98 Å². The molecule has 0 aliphatic heterocycles. The first-order valence-electron chi connectivity index (χ1n) is 5.56. The first kappa shape index (κ1) is 13.8. The van der Waals surface area contributed by atoms with Gasteiger partial charge in [-0.3, -0.25) is 0 Å². The SMILES string of the molecule is Nc1cc(-c2nc3c(Cl)ccc(Cl)c3[nH]2)cc(Cl)c1Cl. The van der Waals surface area contributed by atoms with E-state index < -0.39 is 0 Å². The molecule has 0 saturated carbocycles. The predicted molar refractivity (Wildman–Crippen MR) is 86.0 cm³/mol. The molecule has 2 aromatic carbocycles. The molecule has 0 unspecified atom stereocenters. The Labute approximate surface area is 134 Å². The van der Waals surface area contributed by atoms with Gasteiger partial charge in [0.25, 0.3) is 0 Å². The highest BCUT2D eigenvalue weighted by molar-refractivity contribution is 6.44. The minimum atomic E-state index is 0.322. The number of imidazole rings is 1. The van der Waals surface area contributed by atoms with Gasteiger partial charge in [0.1, 0.15) is 11.3 Å². The largest absolute Gasteiger partial charge is 0.397 e. The summed E-state index contributed by atoms with van der Waals surface area (Å²) in [6, 6.07) is 6.77. The zero-order chi connectivity index (χ0) is 14.4. The number of anilines is 1. The van der Waals surface area contributed by atoms with E-state index in [1.54, 1.807) is 24.3 Å². The van der Waals surface area contributed by atoms with Gasteiger partial charge in [-0.05, 0) is 24.3 Å². The van der Waals surface area contributed by atoms with Gasteiger partial charge in [0.15, 0.2) is 0 Å². The highest BCUT2D eigenvalue weighted by Crippen LogP contribution is 2.35. The molecule has 0 radical (unpaired) electrons. The molecule has 3 nitrogen and oxygen atoms in total. The lowest BCUT2D eigenvalue weighted by atomic mass is 10.2. The maximum Gasteiger partial charge on any atom is 0.138 e. The summed E-state index contributed by atoms with van der Waals surface area (Å²) in [7, 11) is 0. The molecule has 0 fully saturated rings. The number of nitrogens with one attached hydrogen (secondary N) is 1. The second-order valence-electron chi connectivity index (χ2n) is 4.20. The van der Waals surface area contributed by atoms with Crippen LogP contribution in [0.3, 0.4) is 0 Å². The molecule has 0 saturated heterocycles. The van der Waals surface area contributed by atoms with Crippen LogP contribution in [0.25, 0.3) is 22.4 Å². The molecular formula is C13H7Cl4N3. The topological polar surface area (TPSA) is 54.7 Å². The van der Waals surface area contributed by atoms with E-state index in [9.17, 15) is 0 Å². The van der Waals surface area contributed by atoms with Crippen LogP contribution >= 0.6 is 46.4 Å². The number of aromatic amines is 1. The molecule has 1 aromatic heterocycles. The number of fused-ring (bicyclic) bond motifs is 1. The molecule has 0 amide bonds. The van der Waals surface area contributed by atoms with Crippen molar-refractivity contribution in [1.82, 2.24) is 9.97 Å². The molecular weight excluding hydrogens is 340 g/mol. The standard InChI is InChI=1S/C13H7Cl4N3/c14-6-1-2-7(15)12-11(6)19-13(20-12)5-3-8(16)10(17)9(18)4-5/h1-4H,18H2,(H,19,20). The Hall–Kier alpha value is -1.13. The van der Waals surface area contributed by atoms with E-state index in [0.717, 1.165) is 0 Å². The van der Waals surface area contributed by atoms with Crippen LogP contribution in [-0.2, 0) is 0 Å². The van der Waals surface area contributed by atoms with Crippen molar-refractivity contribution in [3.63, 3.8) is 0 Å². The Morgan fingerprint density at radius 2 is 1.65 bits per heavy atom. The zero-order valence-electron chi connectivity index (χ0n) is 9.85. The molecule has 0 aliphatic rings. The zero-order valence-corrected chi connectivity index (χ0v) is 12.9. The van der Waals surface area contributed by atoms with Crippen molar-refractivity contribution in [2.75, 3.05) is 5.73 Å². The number of hydrogen-bond acceptors (Lipinski definition) is 2. The first-order chi connectivity index (χ1) is 9.47. The maximum atomic E-state index is 6.12. The fourth-order valence-corrected chi connectivity index (χ4v) is 2.65. The molecule has 3 N–H and O–H groups in total. The Bertz CT molecular complexity index is 764. The number of rotatable bonds is 1. The van der Waals surface area contributed by atoms with Crippen LogP contribution in [-0.4, -0.2) is 9.97 Å². The maximum absolute atomic E-state index is 6.12. The number of aromatic nitrogens is 2. The molecule has 3 aromatic rings. The molecule has 0 spiro atoms. The Morgan fingerprint density at radius 1 is 0.950 bits per heavy atom. The molecule has 0 bridgehead atoms. The minimum Gasteiger partial charge on any atom is -0.397 e. The predicted octanol–water partition coefficient (Wildman–Crippen LogP) is 5.43. The van der Waals surface area contributed by atoms with Crippen molar-refractivity contribution < 1.29 is 0 Å². The van der Waals surface area contributed by atoms with Gasteiger partial charge in [0.2, 0.25) is 0 Å². The summed E-state index contributed by atoms with van der Waals surface area (Å²) in [6.45, 7) is 0. The van der Waals surface area contributed by atoms with Gasteiger partial charge in [-0.1, -0.05) is 46.4 Å². The number of nitrogens with two attached hydrogens (primary N) is 1. The summed E-state index contributed by atoms with van der Waals surface area (Å²) in [5.41, 5.74) is 8.15. The fourth-order valence-electron chi connectivity index (χ4n) is 1.91. The molecule has 7 heteroatoms. The average Bonchev–Trinajstić information content (AvgIpc) is 2.86. The summed E-state index contributed by atoms with van der Waals surface area (Å²) in [5.74, 6) is 0.570. The Morgan fingerprint density at radius 3 is 2.30 bits per heavy atom. The lowest BCUT2D eigenvalue weighted by Crippen LogP contribution is -1.89. The molecule has 20 heavy (non-hydrogen) atoms. The van der Waals surface area contributed by atoms with E-state index in [0.29, 0.717) is 48.2 Å². The normalized spacial score (nSPS) is 11.2. The third-order valence-electron chi connectivity index (χ3n) is 2.87. The van der Waals surface area contributed by atoms with E-state index in [4.69, 9.17) is 52.1 Å². The van der Waals surface area contributed by atoms with Crippen molar-refractivity contribution in [3.05, 3.63) is 44.4 Å². The van der Waals surface area contributed by atoms with Crippen LogP contribution in [0.4, 0.5) is 5.69 Å². The van der Waals surface area contributed by atoms with Crippen LogP contribution in [0.15, 0.2) is 24.3 Å². The molecule has 3 rings (SSSR count). The van der Waals surface area contributed by atoms with E-state index in [1.807, 2.05) is 0 Å². The van der Waals surface area contributed by atoms with Gasteiger partial charge in [-0.15, -0.1) is 0 Å². The van der Waals surface area contributed by atoms with E-state index in [2.05, 4.69) is 9.97 Å². The van der Waals surface area contributed by atoms with Crippen molar-refractivity contribution in [3.8, 4) is 11.4 Å². The highest BCUT2D eigenvalue weighted by atomic mass is 35.5. The number of H-pyrrole nitrogens is 1. The summed E-state index contributed by atoms with van der Waals surface area (Å²) in [6.07, 6.45) is 0. The highest BCUT2D eigenvalue weighted by Gasteiger charge is 2.13. The summed E-state index contributed by atoms with van der Waals surface area (Å²) >= 11 is 24.2. The van der Waals surface area contributed by atoms with Crippen LogP contribution in [0.1, 0.15) is 0 Å². The quantitative estimate of drug-likeness (QED) is 0.577. The van der Waals surface area contributed by atoms with E-state index in [1.165, 1.54) is 0 Å². The molecule has 0 atom stereocenters. The summed E-state index contributed by atoms with van der Waals surface area (Å²) < 4.78 is 0. The lowest BCUT2D eigenvalue weighted by molar-refractivity contribution is 1.34. The molecule has 1 heterocycles. The minimum absolute atomic E-state index is 0.322.